The number of hydrogen-bond acceptors (Lipinski definition) is 0. The topological polar surface area (TPSA) is 0 Å². The van der Waals surface area contributed by atoms with Crippen LogP contribution in [0.3, 0.4) is 0 Å². The molecular formula is C12H13Br2F. The van der Waals surface area contributed by atoms with Gasteiger partial charge in [0.15, 0.2) is 0 Å². The fourth-order valence-electron chi connectivity index (χ4n) is 2.00. The molecule has 1 aliphatic rings. The van der Waals surface area contributed by atoms with Crippen LogP contribution in [0.2, 0.25) is 0 Å². The van der Waals surface area contributed by atoms with Crippen LogP contribution >= 0.6 is 31.9 Å². The third-order valence-electron chi connectivity index (χ3n) is 3.21. The molecule has 0 aromatic heterocycles. The van der Waals surface area contributed by atoms with E-state index in [1.165, 1.54) is 18.9 Å². The number of hydrogen-bond donors (Lipinski definition) is 0. The Kier molecular flexibility index (Phi) is 3.22. The normalized spacial score (nSPS) is 20.0. The predicted octanol–water partition coefficient (Wildman–Crippen LogP) is 4.69. The minimum Gasteiger partial charge on any atom is -0.207 e. The van der Waals surface area contributed by atoms with Gasteiger partial charge in [-0.3, -0.25) is 0 Å². The van der Waals surface area contributed by atoms with E-state index in [9.17, 15) is 4.39 Å². The molecule has 15 heavy (non-hydrogen) atoms. The molecule has 0 saturated heterocycles. The molecular weight excluding hydrogens is 323 g/mol. The van der Waals surface area contributed by atoms with Crippen LogP contribution < -0.4 is 0 Å². The summed E-state index contributed by atoms with van der Waals surface area (Å²) in [7, 11) is 0. The second kappa shape index (κ2) is 4.17. The van der Waals surface area contributed by atoms with E-state index < -0.39 is 0 Å². The van der Waals surface area contributed by atoms with Crippen molar-refractivity contribution >= 4 is 31.9 Å². The monoisotopic (exact) mass is 334 g/mol. The van der Waals surface area contributed by atoms with E-state index in [0.29, 0.717) is 10.2 Å². The third-order valence-corrected chi connectivity index (χ3v) is 4.64. The molecule has 1 aliphatic carbocycles. The van der Waals surface area contributed by atoms with Crippen molar-refractivity contribution in [3.05, 3.63) is 34.1 Å². The molecule has 1 aromatic carbocycles. The number of alkyl halides is 1. The second-order valence-electron chi connectivity index (χ2n) is 4.43. The van der Waals surface area contributed by atoms with Crippen LogP contribution in [0.15, 0.2) is 22.7 Å². The minimum atomic E-state index is -0.155. The fraction of sp³-hybridized carbons (Fsp3) is 0.500. The lowest BCUT2D eigenvalue weighted by Gasteiger charge is -2.18. The molecule has 3 heteroatoms. The summed E-state index contributed by atoms with van der Waals surface area (Å²) in [6.45, 7) is 2.18. The Labute approximate surface area is 107 Å². The van der Waals surface area contributed by atoms with E-state index in [2.05, 4.69) is 38.8 Å². The largest absolute Gasteiger partial charge is 0.207 e. The van der Waals surface area contributed by atoms with Gasteiger partial charge in [-0.15, -0.1) is 0 Å². The first-order valence-electron chi connectivity index (χ1n) is 5.11. The van der Waals surface area contributed by atoms with Crippen LogP contribution in [0, 0.1) is 11.2 Å². The van der Waals surface area contributed by atoms with Crippen LogP contribution in [0.1, 0.15) is 25.3 Å². The maximum atomic E-state index is 13.2. The Hall–Kier alpha value is 0.110. The van der Waals surface area contributed by atoms with Gasteiger partial charge in [-0.2, -0.15) is 0 Å². The van der Waals surface area contributed by atoms with Crippen LogP contribution in [-0.2, 0) is 6.42 Å². The van der Waals surface area contributed by atoms with Gasteiger partial charge < -0.3 is 0 Å². The van der Waals surface area contributed by atoms with Gasteiger partial charge in [-0.1, -0.05) is 38.8 Å². The molecule has 0 spiro atoms. The summed E-state index contributed by atoms with van der Waals surface area (Å²) in [5, 5.41) is 0. The summed E-state index contributed by atoms with van der Waals surface area (Å²) in [5.41, 5.74) is 1.46. The van der Waals surface area contributed by atoms with E-state index in [1.807, 2.05) is 6.07 Å². The quantitative estimate of drug-likeness (QED) is 0.703. The summed E-state index contributed by atoms with van der Waals surface area (Å²) < 4.78 is 14.0. The first-order valence-corrected chi connectivity index (χ1v) is 6.82. The summed E-state index contributed by atoms with van der Waals surface area (Å²) in [6, 6.07) is 5.15. The maximum absolute atomic E-state index is 13.2. The Balaban J connectivity index is 2.17. The number of halogens is 3. The van der Waals surface area contributed by atoms with Gasteiger partial charge in [0.05, 0.1) is 0 Å². The molecule has 1 saturated carbocycles. The number of benzene rings is 1. The van der Waals surface area contributed by atoms with Gasteiger partial charge in [0.25, 0.3) is 0 Å². The second-order valence-corrected chi connectivity index (χ2v) is 6.72. The fourth-order valence-corrected chi connectivity index (χ4v) is 3.13. The molecule has 0 heterocycles. The van der Waals surface area contributed by atoms with Crippen LogP contribution in [0.5, 0.6) is 0 Å². The molecule has 0 nitrogen and oxygen atoms in total. The first kappa shape index (κ1) is 11.6. The van der Waals surface area contributed by atoms with Gasteiger partial charge in [0.1, 0.15) is 5.82 Å². The Morgan fingerprint density at radius 1 is 1.40 bits per heavy atom. The molecule has 0 radical (unpaired) electrons. The summed E-state index contributed by atoms with van der Waals surface area (Å²) in [5.74, 6) is -0.155. The van der Waals surface area contributed by atoms with E-state index in [0.717, 1.165) is 16.5 Å². The first-order chi connectivity index (χ1) is 7.02. The minimum absolute atomic E-state index is 0.155. The van der Waals surface area contributed by atoms with Crippen LogP contribution in [0.4, 0.5) is 4.39 Å². The molecule has 0 bridgehead atoms. The highest BCUT2D eigenvalue weighted by molar-refractivity contribution is 9.10. The molecule has 0 aliphatic heterocycles. The van der Waals surface area contributed by atoms with Crippen LogP contribution in [0.25, 0.3) is 0 Å². The molecule has 0 amide bonds. The summed E-state index contributed by atoms with van der Waals surface area (Å²) >= 11 is 6.97. The van der Waals surface area contributed by atoms with E-state index in [1.54, 1.807) is 6.07 Å². The van der Waals surface area contributed by atoms with Crippen molar-refractivity contribution in [1.29, 1.82) is 0 Å². The Morgan fingerprint density at radius 3 is 2.53 bits per heavy atom. The average molecular weight is 336 g/mol. The van der Waals surface area contributed by atoms with E-state index in [4.69, 9.17) is 0 Å². The Morgan fingerprint density at radius 2 is 2.07 bits per heavy atom. The van der Waals surface area contributed by atoms with Gasteiger partial charge >= 0.3 is 0 Å². The van der Waals surface area contributed by atoms with Gasteiger partial charge in [0, 0.05) is 9.30 Å². The molecule has 0 N–H and O–H groups in total. The van der Waals surface area contributed by atoms with Gasteiger partial charge in [-0.25, -0.2) is 4.39 Å². The summed E-state index contributed by atoms with van der Waals surface area (Å²) in [6.07, 6.45) is 3.46. The average Bonchev–Trinajstić information content (AvgIpc) is 2.83. The molecule has 82 valence electrons. The SMILES string of the molecule is CC(Br)C1(Cc2cc(F)cc(Br)c2)CC1. The molecule has 2 rings (SSSR count). The predicted molar refractivity (Wildman–Crippen MR) is 67.9 cm³/mol. The van der Waals surface area contributed by atoms with Crippen molar-refractivity contribution < 1.29 is 4.39 Å². The highest BCUT2D eigenvalue weighted by Crippen LogP contribution is 2.53. The molecule has 1 unspecified atom stereocenters. The lowest BCUT2D eigenvalue weighted by atomic mass is 9.94. The Bertz CT molecular complexity index is 350. The lowest BCUT2D eigenvalue weighted by molar-refractivity contribution is 0.506. The molecule has 1 aromatic rings. The standard InChI is InChI=1S/C12H13Br2F/c1-8(13)12(2-3-12)7-9-4-10(14)6-11(15)5-9/h4-6,8H,2-3,7H2,1H3. The van der Waals surface area contributed by atoms with Crippen molar-refractivity contribution in [3.8, 4) is 0 Å². The van der Waals surface area contributed by atoms with Crippen molar-refractivity contribution in [2.45, 2.75) is 31.0 Å². The highest BCUT2D eigenvalue weighted by Gasteiger charge is 2.46. The van der Waals surface area contributed by atoms with Gasteiger partial charge in [0.2, 0.25) is 0 Å². The zero-order chi connectivity index (χ0) is 11.1. The maximum Gasteiger partial charge on any atom is 0.124 e. The molecule has 1 atom stereocenters. The van der Waals surface area contributed by atoms with Crippen molar-refractivity contribution in [1.82, 2.24) is 0 Å². The van der Waals surface area contributed by atoms with E-state index in [-0.39, 0.29) is 5.82 Å². The van der Waals surface area contributed by atoms with E-state index >= 15 is 0 Å². The van der Waals surface area contributed by atoms with Crippen LogP contribution in [-0.4, -0.2) is 4.83 Å². The zero-order valence-corrected chi connectivity index (χ0v) is 11.7. The third kappa shape index (κ3) is 2.62. The van der Waals surface area contributed by atoms with Gasteiger partial charge in [-0.05, 0) is 48.4 Å². The summed E-state index contributed by atoms with van der Waals surface area (Å²) in [4.78, 5) is 0.507. The lowest BCUT2D eigenvalue weighted by Crippen LogP contribution is -2.15. The van der Waals surface area contributed by atoms with Crippen molar-refractivity contribution in [2.75, 3.05) is 0 Å². The van der Waals surface area contributed by atoms with Crippen molar-refractivity contribution in [2.24, 2.45) is 5.41 Å². The number of rotatable bonds is 3. The smallest absolute Gasteiger partial charge is 0.124 e. The molecule has 1 fully saturated rings. The van der Waals surface area contributed by atoms with Crippen molar-refractivity contribution in [3.63, 3.8) is 0 Å². The zero-order valence-electron chi connectivity index (χ0n) is 8.56. The highest BCUT2D eigenvalue weighted by atomic mass is 79.9.